The van der Waals surface area contributed by atoms with Crippen LogP contribution in [0.15, 0.2) is 12.4 Å². The maximum atomic E-state index is 13.1. The normalized spacial score (nSPS) is 23.1. The lowest BCUT2D eigenvalue weighted by Gasteiger charge is -2.38. The summed E-state index contributed by atoms with van der Waals surface area (Å²) in [5.41, 5.74) is 0. The fourth-order valence-corrected chi connectivity index (χ4v) is 4.12. The number of amides is 3. The Morgan fingerprint density at radius 3 is 2.89 bits per heavy atom. The molecular weight excluding hydrogens is 356 g/mol. The Hall–Kier alpha value is -2.09. The summed E-state index contributed by atoms with van der Waals surface area (Å²) in [6.45, 7) is 8.53. The number of nitrogens with one attached hydrogen (secondary N) is 2. The van der Waals surface area contributed by atoms with Gasteiger partial charge in [-0.25, -0.2) is 9.78 Å². The average molecular weight is 391 g/mol. The van der Waals surface area contributed by atoms with E-state index in [1.54, 1.807) is 6.20 Å². The molecule has 2 aliphatic rings. The molecule has 0 saturated carbocycles. The van der Waals surface area contributed by atoms with Crippen LogP contribution in [-0.4, -0.2) is 70.6 Å². The van der Waals surface area contributed by atoms with Gasteiger partial charge in [0, 0.05) is 65.1 Å². The monoisotopic (exact) mass is 390 g/mol. The van der Waals surface area contributed by atoms with Crippen molar-refractivity contribution < 1.29 is 9.59 Å². The Balaban J connectivity index is 1.58. The van der Waals surface area contributed by atoms with Crippen molar-refractivity contribution in [1.29, 1.82) is 0 Å². The summed E-state index contributed by atoms with van der Waals surface area (Å²) in [6.07, 6.45) is 6.15. The molecule has 0 spiro atoms. The summed E-state index contributed by atoms with van der Waals surface area (Å²) in [4.78, 5) is 33.8. The molecule has 2 N–H and O–H groups in total. The third-order valence-corrected chi connectivity index (χ3v) is 5.65. The van der Waals surface area contributed by atoms with Crippen LogP contribution < -0.4 is 10.6 Å². The van der Waals surface area contributed by atoms with Gasteiger partial charge in [-0.3, -0.25) is 4.79 Å². The van der Waals surface area contributed by atoms with E-state index in [4.69, 9.17) is 0 Å². The van der Waals surface area contributed by atoms with Crippen molar-refractivity contribution >= 4 is 11.9 Å². The van der Waals surface area contributed by atoms with Crippen LogP contribution in [0.1, 0.15) is 45.0 Å². The van der Waals surface area contributed by atoms with Crippen LogP contribution in [0.5, 0.6) is 0 Å². The number of rotatable bonds is 5. The van der Waals surface area contributed by atoms with Gasteiger partial charge in [-0.05, 0) is 24.7 Å². The summed E-state index contributed by atoms with van der Waals surface area (Å²) in [5, 5.41) is 6.37. The Morgan fingerprint density at radius 1 is 1.36 bits per heavy atom. The smallest absolute Gasteiger partial charge is 0.317 e. The molecule has 3 heterocycles. The maximum Gasteiger partial charge on any atom is 0.317 e. The number of carbonyl (C=O) groups is 2. The van der Waals surface area contributed by atoms with Crippen molar-refractivity contribution in [2.45, 2.75) is 39.2 Å². The van der Waals surface area contributed by atoms with Crippen LogP contribution in [-0.2, 0) is 11.8 Å². The van der Waals surface area contributed by atoms with Crippen LogP contribution in [0, 0.1) is 11.8 Å². The predicted molar refractivity (Wildman–Crippen MR) is 108 cm³/mol. The van der Waals surface area contributed by atoms with Gasteiger partial charge in [-0.2, -0.15) is 0 Å². The number of piperidine rings is 1. The predicted octanol–water partition coefficient (Wildman–Crippen LogP) is 1.36. The maximum absolute atomic E-state index is 13.1. The van der Waals surface area contributed by atoms with E-state index in [9.17, 15) is 9.59 Å². The number of piperazine rings is 1. The highest BCUT2D eigenvalue weighted by Gasteiger charge is 2.33. The second-order valence-electron chi connectivity index (χ2n) is 8.44. The molecule has 2 fully saturated rings. The van der Waals surface area contributed by atoms with Crippen molar-refractivity contribution in [1.82, 2.24) is 30.0 Å². The molecule has 2 aliphatic heterocycles. The number of carbonyl (C=O) groups excluding carboxylic acids is 2. The minimum absolute atomic E-state index is 0.00101. The quantitative estimate of drug-likeness (QED) is 0.795. The zero-order chi connectivity index (χ0) is 20.1. The van der Waals surface area contributed by atoms with Crippen molar-refractivity contribution in [2.75, 3.05) is 39.3 Å². The third kappa shape index (κ3) is 5.04. The van der Waals surface area contributed by atoms with Gasteiger partial charge in [0.2, 0.25) is 5.91 Å². The zero-order valence-corrected chi connectivity index (χ0v) is 17.4. The largest absolute Gasteiger partial charge is 0.338 e. The number of aryl methyl sites for hydroxylation is 1. The van der Waals surface area contributed by atoms with Gasteiger partial charge >= 0.3 is 6.03 Å². The lowest BCUT2D eigenvalue weighted by atomic mass is 9.94. The SMILES string of the molecule is CC(C)CNC(=O)N1CCCC(CC(=O)N2CCNCC2c2nccn2C)C1. The Morgan fingerprint density at radius 2 is 2.18 bits per heavy atom. The van der Waals surface area contributed by atoms with E-state index < -0.39 is 0 Å². The van der Waals surface area contributed by atoms with Crippen molar-refractivity contribution in [2.24, 2.45) is 18.9 Å². The standard InChI is InChI=1S/C20H34N6O2/c1-15(2)12-23-20(28)25-8-4-5-16(14-25)11-18(27)26-10-6-21-13-17(26)19-22-7-9-24(19)3/h7,9,15-17,21H,4-6,8,10-14H2,1-3H3,(H,23,28). The van der Waals surface area contributed by atoms with Crippen molar-refractivity contribution in [3.63, 3.8) is 0 Å². The van der Waals surface area contributed by atoms with Gasteiger partial charge < -0.3 is 25.0 Å². The molecule has 2 saturated heterocycles. The first-order chi connectivity index (χ1) is 13.5. The van der Waals surface area contributed by atoms with Gasteiger partial charge in [0.1, 0.15) is 11.9 Å². The molecule has 8 nitrogen and oxygen atoms in total. The first kappa shape index (κ1) is 20.6. The lowest BCUT2D eigenvalue weighted by molar-refractivity contribution is -0.136. The second-order valence-corrected chi connectivity index (χ2v) is 8.44. The average Bonchev–Trinajstić information content (AvgIpc) is 3.12. The Labute approximate surface area is 167 Å². The number of urea groups is 1. The van der Waals surface area contributed by atoms with E-state index in [2.05, 4.69) is 29.5 Å². The molecule has 28 heavy (non-hydrogen) atoms. The second kappa shape index (κ2) is 9.41. The molecule has 1 aromatic rings. The van der Waals surface area contributed by atoms with Crippen LogP contribution in [0.4, 0.5) is 4.79 Å². The van der Waals surface area contributed by atoms with E-state index in [0.717, 1.165) is 38.3 Å². The van der Waals surface area contributed by atoms with Crippen LogP contribution >= 0.6 is 0 Å². The number of nitrogens with zero attached hydrogens (tertiary/aromatic N) is 4. The van der Waals surface area contributed by atoms with E-state index in [1.165, 1.54) is 0 Å². The van der Waals surface area contributed by atoms with Gasteiger partial charge in [0.25, 0.3) is 0 Å². The number of hydrogen-bond donors (Lipinski definition) is 2. The molecule has 1 aromatic heterocycles. The summed E-state index contributed by atoms with van der Waals surface area (Å²) >= 11 is 0. The Kier molecular flexibility index (Phi) is 6.93. The van der Waals surface area contributed by atoms with Crippen LogP contribution in [0.2, 0.25) is 0 Å². The van der Waals surface area contributed by atoms with Crippen molar-refractivity contribution in [3.8, 4) is 0 Å². The summed E-state index contributed by atoms with van der Waals surface area (Å²) in [5.74, 6) is 1.74. The van der Waals surface area contributed by atoms with Gasteiger partial charge in [0.05, 0.1) is 0 Å². The summed E-state index contributed by atoms with van der Waals surface area (Å²) in [7, 11) is 1.97. The number of imidazole rings is 1. The molecule has 3 amide bonds. The highest BCUT2D eigenvalue weighted by Crippen LogP contribution is 2.25. The minimum Gasteiger partial charge on any atom is -0.338 e. The van der Waals surface area contributed by atoms with Gasteiger partial charge in [0.15, 0.2) is 0 Å². The highest BCUT2D eigenvalue weighted by molar-refractivity contribution is 5.77. The molecule has 3 rings (SSSR count). The molecule has 0 aliphatic carbocycles. The first-order valence-electron chi connectivity index (χ1n) is 10.5. The van der Waals surface area contributed by atoms with Gasteiger partial charge in [-0.1, -0.05) is 13.8 Å². The fourth-order valence-electron chi connectivity index (χ4n) is 4.12. The number of likely N-dealkylation sites (tertiary alicyclic amines) is 1. The number of hydrogen-bond acceptors (Lipinski definition) is 4. The van der Waals surface area contributed by atoms with Crippen LogP contribution in [0.25, 0.3) is 0 Å². The Bertz CT molecular complexity index is 673. The molecule has 156 valence electrons. The summed E-state index contributed by atoms with van der Waals surface area (Å²) < 4.78 is 1.99. The zero-order valence-electron chi connectivity index (χ0n) is 17.4. The molecule has 0 bridgehead atoms. The third-order valence-electron chi connectivity index (χ3n) is 5.65. The highest BCUT2D eigenvalue weighted by atomic mass is 16.2. The topological polar surface area (TPSA) is 82.5 Å². The van der Waals surface area contributed by atoms with Crippen molar-refractivity contribution in [3.05, 3.63) is 18.2 Å². The molecule has 8 heteroatoms. The van der Waals surface area contributed by atoms with E-state index in [0.29, 0.717) is 32.0 Å². The molecule has 2 atom stereocenters. The van der Waals surface area contributed by atoms with Gasteiger partial charge in [-0.15, -0.1) is 0 Å². The molecule has 0 aromatic carbocycles. The van der Waals surface area contributed by atoms with E-state index >= 15 is 0 Å². The molecular formula is C20H34N6O2. The lowest BCUT2D eigenvalue weighted by Crippen LogP contribution is -2.51. The van der Waals surface area contributed by atoms with E-state index in [-0.39, 0.29) is 23.9 Å². The summed E-state index contributed by atoms with van der Waals surface area (Å²) in [6, 6.07) is -0.0332. The van der Waals surface area contributed by atoms with Crippen LogP contribution in [0.3, 0.4) is 0 Å². The fraction of sp³-hybridized carbons (Fsp3) is 0.750. The molecule has 0 radical (unpaired) electrons. The minimum atomic E-state index is -0.0321. The molecule has 2 unspecified atom stereocenters. The van der Waals surface area contributed by atoms with E-state index in [1.807, 2.05) is 27.6 Å². The first-order valence-corrected chi connectivity index (χ1v) is 10.5. The number of aromatic nitrogens is 2.